The van der Waals surface area contributed by atoms with Crippen LogP contribution in [0.1, 0.15) is 60.2 Å². The van der Waals surface area contributed by atoms with Crippen LogP contribution in [0.2, 0.25) is 0 Å². The molecule has 4 aliphatic rings. The quantitative estimate of drug-likeness (QED) is 0.140. The number of hydrogen-bond acceptors (Lipinski definition) is 8. The van der Waals surface area contributed by atoms with Crippen molar-refractivity contribution in [3.05, 3.63) is 71.2 Å². The molecule has 5 N–H and O–H groups in total. The number of nitrogens with two attached hydrogens (primary N) is 1. The largest absolute Gasteiger partial charge is 0.491 e. The summed E-state index contributed by atoms with van der Waals surface area (Å²) >= 11 is 0. The highest BCUT2D eigenvalue weighted by molar-refractivity contribution is 7.93. The van der Waals surface area contributed by atoms with Crippen molar-refractivity contribution < 1.29 is 35.6 Å². The van der Waals surface area contributed by atoms with Gasteiger partial charge in [0.25, 0.3) is 15.9 Å². The SMILES string of the molecule is NC(=O)c1c(-c2ccc(NS(=O)(=O)C(F)F)c(OCCc3ccc(F)cc3)c2)n[nH]c1Nc1cc(C23CC4CC(CC(C4)C2)C3)on1. The summed E-state index contributed by atoms with van der Waals surface area (Å²) in [6.07, 6.45) is 7.44. The lowest BCUT2D eigenvalue weighted by Crippen LogP contribution is -2.48. The number of primary amides is 1. The third-order valence-corrected chi connectivity index (χ3v) is 10.6. The maximum Gasteiger partial charge on any atom is 0.355 e. The summed E-state index contributed by atoms with van der Waals surface area (Å²) in [6.45, 7) is -0.00718. The summed E-state index contributed by atoms with van der Waals surface area (Å²) in [7, 11) is -5.02. The van der Waals surface area contributed by atoms with E-state index in [1.165, 1.54) is 49.6 Å². The van der Waals surface area contributed by atoms with Crippen molar-refractivity contribution in [2.24, 2.45) is 23.5 Å². The summed E-state index contributed by atoms with van der Waals surface area (Å²) in [5.74, 6) is -1.47. The van der Waals surface area contributed by atoms with E-state index < -0.39 is 27.5 Å². The van der Waals surface area contributed by atoms with Gasteiger partial charge in [-0.2, -0.15) is 13.9 Å². The van der Waals surface area contributed by atoms with Crippen molar-refractivity contribution >= 4 is 33.3 Å². The molecule has 4 aliphatic carbocycles. The topological polar surface area (TPSA) is 165 Å². The van der Waals surface area contributed by atoms with E-state index in [1.54, 1.807) is 12.1 Å². The number of carbonyl (C=O) groups excluding carboxylic acids is 1. The summed E-state index contributed by atoms with van der Waals surface area (Å²) in [5, 5.41) is 14.4. The van der Waals surface area contributed by atoms with E-state index in [1.807, 2.05) is 10.8 Å². The molecular formula is C32H33F3N6O5S. The number of nitrogens with one attached hydrogen (secondary N) is 3. The number of carbonyl (C=O) groups is 1. The molecule has 248 valence electrons. The average molecular weight is 671 g/mol. The first-order chi connectivity index (χ1) is 22.5. The number of H-pyrrole nitrogens is 1. The van der Waals surface area contributed by atoms with E-state index in [9.17, 15) is 26.4 Å². The van der Waals surface area contributed by atoms with Crippen LogP contribution in [0.4, 0.5) is 30.5 Å². The summed E-state index contributed by atoms with van der Waals surface area (Å²) < 4.78 is 77.1. The number of amides is 1. The van der Waals surface area contributed by atoms with Crippen LogP contribution in [0.3, 0.4) is 0 Å². The number of halogens is 3. The van der Waals surface area contributed by atoms with Crippen LogP contribution >= 0.6 is 0 Å². The maximum atomic E-state index is 13.3. The molecule has 2 heterocycles. The first kappa shape index (κ1) is 31.1. The number of rotatable bonds is 12. The molecule has 0 unspecified atom stereocenters. The maximum absolute atomic E-state index is 13.3. The Kier molecular flexibility index (Phi) is 7.89. The van der Waals surface area contributed by atoms with Crippen molar-refractivity contribution in [2.75, 3.05) is 16.6 Å². The summed E-state index contributed by atoms with van der Waals surface area (Å²) in [6, 6.07) is 11.6. The molecule has 0 radical (unpaired) electrons. The number of benzene rings is 2. The Morgan fingerprint density at radius 3 is 2.38 bits per heavy atom. The van der Waals surface area contributed by atoms with Crippen LogP contribution in [-0.4, -0.2) is 42.0 Å². The minimum Gasteiger partial charge on any atom is -0.491 e. The number of anilines is 3. The number of hydrogen-bond donors (Lipinski definition) is 4. The van der Waals surface area contributed by atoms with Gasteiger partial charge in [0, 0.05) is 23.5 Å². The zero-order valence-electron chi connectivity index (χ0n) is 25.1. The average Bonchev–Trinajstić information content (AvgIpc) is 3.66. The smallest absolute Gasteiger partial charge is 0.355 e. The van der Waals surface area contributed by atoms with Gasteiger partial charge < -0.3 is 20.3 Å². The van der Waals surface area contributed by atoms with Gasteiger partial charge in [0.2, 0.25) is 0 Å². The van der Waals surface area contributed by atoms with Crippen LogP contribution in [0, 0.1) is 23.6 Å². The Balaban J connectivity index is 1.15. The fourth-order valence-electron chi connectivity index (χ4n) is 8.01. The predicted octanol–water partition coefficient (Wildman–Crippen LogP) is 6.10. The lowest BCUT2D eigenvalue weighted by Gasteiger charge is -2.55. The molecule has 4 fully saturated rings. The third kappa shape index (κ3) is 6.15. The van der Waals surface area contributed by atoms with Crippen LogP contribution in [-0.2, 0) is 21.9 Å². The van der Waals surface area contributed by atoms with Crippen LogP contribution in [0.25, 0.3) is 11.3 Å². The zero-order valence-corrected chi connectivity index (χ0v) is 26.0. The molecule has 11 nitrogen and oxygen atoms in total. The highest BCUT2D eigenvalue weighted by Crippen LogP contribution is 2.61. The number of aromatic amines is 1. The molecule has 4 bridgehead atoms. The molecule has 2 aromatic heterocycles. The van der Waals surface area contributed by atoms with E-state index in [0.29, 0.717) is 30.0 Å². The van der Waals surface area contributed by atoms with Crippen molar-refractivity contribution in [1.29, 1.82) is 0 Å². The van der Waals surface area contributed by atoms with Gasteiger partial charge in [0.15, 0.2) is 5.82 Å². The van der Waals surface area contributed by atoms with Crippen molar-refractivity contribution in [1.82, 2.24) is 15.4 Å². The molecule has 47 heavy (non-hydrogen) atoms. The minimum atomic E-state index is -5.02. The van der Waals surface area contributed by atoms with E-state index in [4.69, 9.17) is 15.0 Å². The standard InChI is InChI=1S/C32H33F3N6O5S/c33-22-4-1-17(2-5-22)7-8-45-24-12-21(3-6-23(24)41-47(43,44)31(34)35)28-27(29(36)42)30(39-38-28)37-26-13-25(46-40-26)32-14-18-9-19(15-32)11-20(10-18)16-32/h1-6,12-13,18-20,31,41H,7-11,14-16H2,(H2,36,42)(H2,37,38,39,40). The molecule has 8 rings (SSSR count). The Bertz CT molecular complexity index is 1870. The number of alkyl halides is 2. The Morgan fingerprint density at radius 2 is 1.74 bits per heavy atom. The first-order valence-corrected chi connectivity index (χ1v) is 17.0. The molecule has 0 aliphatic heterocycles. The van der Waals surface area contributed by atoms with E-state index in [-0.39, 0.29) is 46.1 Å². The second-order valence-electron chi connectivity index (χ2n) is 12.9. The van der Waals surface area contributed by atoms with Gasteiger partial charge in [0.1, 0.15) is 34.4 Å². The summed E-state index contributed by atoms with van der Waals surface area (Å²) in [4.78, 5) is 12.7. The first-order valence-electron chi connectivity index (χ1n) is 15.4. The van der Waals surface area contributed by atoms with E-state index in [0.717, 1.165) is 30.6 Å². The van der Waals surface area contributed by atoms with Gasteiger partial charge in [-0.05, 0) is 86.1 Å². The van der Waals surface area contributed by atoms with E-state index >= 15 is 0 Å². The number of nitrogens with zero attached hydrogens (tertiary/aromatic N) is 2. The molecule has 4 aromatic rings. The van der Waals surface area contributed by atoms with Gasteiger partial charge in [-0.15, -0.1) is 0 Å². The summed E-state index contributed by atoms with van der Waals surface area (Å²) in [5.41, 5.74) is 6.63. The Labute approximate surface area is 268 Å². The molecule has 0 saturated heterocycles. The van der Waals surface area contributed by atoms with Gasteiger partial charge in [-0.3, -0.25) is 14.6 Å². The predicted molar refractivity (Wildman–Crippen MR) is 166 cm³/mol. The number of ether oxygens (including phenoxy) is 1. The second-order valence-corrected chi connectivity index (χ2v) is 14.6. The molecular weight excluding hydrogens is 637 g/mol. The molecule has 4 saturated carbocycles. The van der Waals surface area contributed by atoms with Crippen LogP contribution < -0.4 is 20.5 Å². The van der Waals surface area contributed by atoms with Gasteiger partial charge in [-0.1, -0.05) is 23.4 Å². The highest BCUT2D eigenvalue weighted by Gasteiger charge is 2.53. The fraction of sp³-hybridized carbons (Fsp3) is 0.406. The molecule has 0 spiro atoms. The highest BCUT2D eigenvalue weighted by atomic mass is 32.2. The number of aromatic nitrogens is 3. The van der Waals surface area contributed by atoms with E-state index in [2.05, 4.69) is 20.7 Å². The van der Waals surface area contributed by atoms with Crippen molar-refractivity contribution in [3.8, 4) is 17.0 Å². The van der Waals surface area contributed by atoms with Gasteiger partial charge in [0.05, 0.1) is 12.3 Å². The lowest BCUT2D eigenvalue weighted by atomic mass is 9.49. The molecule has 15 heteroatoms. The van der Waals surface area contributed by atoms with Crippen molar-refractivity contribution in [2.45, 2.75) is 56.1 Å². The van der Waals surface area contributed by atoms with Crippen LogP contribution in [0.15, 0.2) is 53.1 Å². The fourth-order valence-corrected chi connectivity index (χ4v) is 8.57. The molecule has 0 atom stereocenters. The van der Waals surface area contributed by atoms with Gasteiger partial charge in [-0.25, -0.2) is 12.8 Å². The minimum absolute atomic E-state index is 0.00718. The normalized spacial score (nSPS) is 23.3. The number of sulfonamides is 1. The second kappa shape index (κ2) is 11.9. The van der Waals surface area contributed by atoms with Crippen molar-refractivity contribution in [3.63, 3.8) is 0 Å². The monoisotopic (exact) mass is 670 g/mol. The van der Waals surface area contributed by atoms with Gasteiger partial charge >= 0.3 is 5.76 Å². The third-order valence-electron chi connectivity index (χ3n) is 9.64. The Morgan fingerprint density at radius 1 is 1.06 bits per heavy atom. The molecule has 2 aromatic carbocycles. The van der Waals surface area contributed by atoms with Crippen LogP contribution in [0.5, 0.6) is 5.75 Å². The molecule has 1 amide bonds. The zero-order chi connectivity index (χ0) is 32.9. The Hall–Kier alpha value is -4.53. The lowest BCUT2D eigenvalue weighted by molar-refractivity contribution is -0.0175.